The fourth-order valence-corrected chi connectivity index (χ4v) is 1.13. The van der Waals surface area contributed by atoms with Gasteiger partial charge in [-0.3, -0.25) is 0 Å². The minimum atomic E-state index is -0.0247. The van der Waals surface area contributed by atoms with Gasteiger partial charge in [0.15, 0.2) is 0 Å². The van der Waals surface area contributed by atoms with Crippen LogP contribution in [0.3, 0.4) is 0 Å². The molecule has 0 fully saturated rings. The third-order valence-electron chi connectivity index (χ3n) is 2.04. The van der Waals surface area contributed by atoms with Gasteiger partial charge in [-0.15, -0.1) is 0 Å². The summed E-state index contributed by atoms with van der Waals surface area (Å²) in [5, 5.41) is 4.37. The molecule has 0 aliphatic carbocycles. The van der Waals surface area contributed by atoms with Crippen LogP contribution in [-0.2, 0) is 5.54 Å². The van der Waals surface area contributed by atoms with Crippen molar-refractivity contribution in [3.8, 4) is 0 Å². The van der Waals surface area contributed by atoms with Crippen LogP contribution in [0, 0.1) is 13.8 Å². The quantitative estimate of drug-likeness (QED) is 0.640. The lowest BCUT2D eigenvalue weighted by Crippen LogP contribution is -2.24. The molecule has 0 atom stereocenters. The van der Waals surface area contributed by atoms with Crippen LogP contribution in [0.5, 0.6) is 0 Å². The maximum atomic E-state index is 5.89. The first-order valence-corrected chi connectivity index (χ1v) is 4.16. The van der Waals surface area contributed by atoms with Crippen molar-refractivity contribution < 1.29 is 0 Å². The lowest BCUT2D eigenvalue weighted by Gasteiger charge is -2.20. The Hall–Kier alpha value is -0.990. The van der Waals surface area contributed by atoms with Gasteiger partial charge in [0.1, 0.15) is 5.82 Å². The first-order chi connectivity index (χ1) is 5.34. The van der Waals surface area contributed by atoms with Gasteiger partial charge >= 0.3 is 0 Å². The number of rotatable bonds is 0. The Kier molecular flexibility index (Phi) is 1.90. The molecule has 0 aliphatic heterocycles. The molecule has 1 rings (SSSR count). The molecule has 0 unspecified atom stereocenters. The zero-order chi connectivity index (χ0) is 9.52. The summed E-state index contributed by atoms with van der Waals surface area (Å²) in [5.74, 6) is 0.778. The van der Waals surface area contributed by atoms with E-state index in [1.165, 1.54) is 0 Å². The molecule has 0 bridgehead atoms. The van der Waals surface area contributed by atoms with Gasteiger partial charge in [-0.25, -0.2) is 4.68 Å². The molecular formula is C9H17N3. The molecule has 0 saturated carbocycles. The number of hydrogen-bond donors (Lipinski definition) is 1. The second-order valence-electron chi connectivity index (χ2n) is 4.18. The normalized spacial score (nSPS) is 12.1. The topological polar surface area (TPSA) is 43.8 Å². The SMILES string of the molecule is Cc1nn(C(C)(C)C)c(N)c1C. The smallest absolute Gasteiger partial charge is 0.125 e. The average Bonchev–Trinajstić information content (AvgIpc) is 2.15. The standard InChI is InChI=1S/C9H17N3/c1-6-7(2)11-12(8(6)10)9(3,4)5/h10H2,1-5H3. The van der Waals surface area contributed by atoms with Crippen LogP contribution in [-0.4, -0.2) is 9.78 Å². The summed E-state index contributed by atoms with van der Waals surface area (Å²) in [5.41, 5.74) is 7.97. The number of aromatic nitrogens is 2. The van der Waals surface area contributed by atoms with Crippen molar-refractivity contribution in [2.75, 3.05) is 5.73 Å². The highest BCUT2D eigenvalue weighted by atomic mass is 15.3. The Balaban J connectivity index is 3.28. The van der Waals surface area contributed by atoms with E-state index in [4.69, 9.17) is 5.73 Å². The molecule has 68 valence electrons. The molecule has 3 nitrogen and oxygen atoms in total. The molecule has 2 N–H and O–H groups in total. The van der Waals surface area contributed by atoms with Crippen LogP contribution in [0.15, 0.2) is 0 Å². The molecule has 0 aliphatic rings. The molecular weight excluding hydrogens is 150 g/mol. The summed E-state index contributed by atoms with van der Waals surface area (Å²) in [6, 6.07) is 0. The summed E-state index contributed by atoms with van der Waals surface area (Å²) in [4.78, 5) is 0. The lowest BCUT2D eigenvalue weighted by molar-refractivity contribution is 0.360. The van der Waals surface area contributed by atoms with E-state index >= 15 is 0 Å². The minimum absolute atomic E-state index is 0.0247. The van der Waals surface area contributed by atoms with E-state index in [0.29, 0.717) is 0 Å². The van der Waals surface area contributed by atoms with Crippen molar-refractivity contribution in [3.05, 3.63) is 11.3 Å². The minimum Gasteiger partial charge on any atom is -0.384 e. The van der Waals surface area contributed by atoms with Crippen LogP contribution < -0.4 is 5.73 Å². The molecule has 0 radical (unpaired) electrons. The summed E-state index contributed by atoms with van der Waals surface area (Å²) in [6.07, 6.45) is 0. The fraction of sp³-hybridized carbons (Fsp3) is 0.667. The lowest BCUT2D eigenvalue weighted by atomic mass is 10.1. The van der Waals surface area contributed by atoms with E-state index in [1.54, 1.807) is 0 Å². The summed E-state index contributed by atoms with van der Waals surface area (Å²) in [6.45, 7) is 10.3. The Morgan fingerprint density at radius 2 is 1.75 bits per heavy atom. The maximum absolute atomic E-state index is 5.89. The Bertz CT molecular complexity index is 291. The van der Waals surface area contributed by atoms with Gasteiger partial charge in [-0.05, 0) is 34.6 Å². The number of nitrogens with zero attached hydrogens (tertiary/aromatic N) is 2. The van der Waals surface area contributed by atoms with Gasteiger partial charge in [-0.1, -0.05) is 0 Å². The van der Waals surface area contributed by atoms with Crippen molar-refractivity contribution in [1.29, 1.82) is 0 Å². The van der Waals surface area contributed by atoms with Gasteiger partial charge in [0.25, 0.3) is 0 Å². The predicted molar refractivity (Wildman–Crippen MR) is 51.1 cm³/mol. The van der Waals surface area contributed by atoms with E-state index in [1.807, 2.05) is 18.5 Å². The second-order valence-corrected chi connectivity index (χ2v) is 4.18. The molecule has 1 aromatic rings. The highest BCUT2D eigenvalue weighted by Crippen LogP contribution is 2.22. The molecule has 1 heterocycles. The van der Waals surface area contributed by atoms with Crippen LogP contribution in [0.4, 0.5) is 5.82 Å². The van der Waals surface area contributed by atoms with Crippen LogP contribution in [0.1, 0.15) is 32.0 Å². The van der Waals surface area contributed by atoms with Gasteiger partial charge < -0.3 is 5.73 Å². The van der Waals surface area contributed by atoms with Crippen molar-refractivity contribution in [2.24, 2.45) is 0 Å². The molecule has 0 amide bonds. The zero-order valence-electron chi connectivity index (χ0n) is 8.47. The first-order valence-electron chi connectivity index (χ1n) is 4.16. The van der Waals surface area contributed by atoms with Gasteiger partial charge in [-0.2, -0.15) is 5.10 Å². The van der Waals surface area contributed by atoms with Gasteiger partial charge in [0.2, 0.25) is 0 Å². The number of nitrogens with two attached hydrogens (primary N) is 1. The fourth-order valence-electron chi connectivity index (χ4n) is 1.13. The largest absolute Gasteiger partial charge is 0.384 e. The maximum Gasteiger partial charge on any atom is 0.125 e. The molecule has 0 spiro atoms. The van der Waals surface area contributed by atoms with Crippen molar-refractivity contribution in [1.82, 2.24) is 9.78 Å². The molecule has 3 heteroatoms. The Morgan fingerprint density at radius 3 is 1.92 bits per heavy atom. The number of anilines is 1. The summed E-state index contributed by atoms with van der Waals surface area (Å²) < 4.78 is 1.87. The third kappa shape index (κ3) is 1.31. The zero-order valence-corrected chi connectivity index (χ0v) is 8.47. The molecule has 0 aromatic carbocycles. The van der Waals surface area contributed by atoms with Crippen LogP contribution in [0.25, 0.3) is 0 Å². The van der Waals surface area contributed by atoms with E-state index in [2.05, 4.69) is 25.9 Å². The van der Waals surface area contributed by atoms with Crippen molar-refractivity contribution >= 4 is 5.82 Å². The van der Waals surface area contributed by atoms with Crippen LogP contribution >= 0.6 is 0 Å². The van der Waals surface area contributed by atoms with E-state index in [-0.39, 0.29) is 5.54 Å². The molecule has 0 saturated heterocycles. The second kappa shape index (κ2) is 2.51. The number of hydrogen-bond acceptors (Lipinski definition) is 2. The molecule has 12 heavy (non-hydrogen) atoms. The Morgan fingerprint density at radius 1 is 1.25 bits per heavy atom. The third-order valence-corrected chi connectivity index (χ3v) is 2.04. The highest BCUT2D eigenvalue weighted by Gasteiger charge is 2.19. The van der Waals surface area contributed by atoms with Gasteiger partial charge in [0, 0.05) is 5.56 Å². The Labute approximate surface area is 73.6 Å². The summed E-state index contributed by atoms with van der Waals surface area (Å²) >= 11 is 0. The number of aryl methyl sites for hydroxylation is 1. The van der Waals surface area contributed by atoms with Crippen molar-refractivity contribution in [2.45, 2.75) is 40.2 Å². The van der Waals surface area contributed by atoms with Crippen LogP contribution in [0.2, 0.25) is 0 Å². The number of nitrogen functional groups attached to an aromatic ring is 1. The average molecular weight is 167 g/mol. The van der Waals surface area contributed by atoms with Gasteiger partial charge in [0.05, 0.1) is 11.2 Å². The monoisotopic (exact) mass is 167 g/mol. The van der Waals surface area contributed by atoms with Crippen molar-refractivity contribution in [3.63, 3.8) is 0 Å². The highest BCUT2D eigenvalue weighted by molar-refractivity contribution is 5.42. The van der Waals surface area contributed by atoms with E-state index in [9.17, 15) is 0 Å². The summed E-state index contributed by atoms with van der Waals surface area (Å²) in [7, 11) is 0. The van der Waals surface area contributed by atoms with E-state index in [0.717, 1.165) is 17.1 Å². The molecule has 1 aromatic heterocycles. The first kappa shape index (κ1) is 9.10. The van der Waals surface area contributed by atoms with E-state index < -0.39 is 0 Å². The predicted octanol–water partition coefficient (Wildman–Crippen LogP) is 1.84.